The number of carbonyl (C=O) groups excluding carboxylic acids is 1. The molecule has 2 nitrogen and oxygen atoms in total. The lowest BCUT2D eigenvalue weighted by atomic mass is 9.93. The van der Waals surface area contributed by atoms with Crippen LogP contribution in [0.3, 0.4) is 0 Å². The van der Waals surface area contributed by atoms with Crippen molar-refractivity contribution in [3.63, 3.8) is 0 Å². The summed E-state index contributed by atoms with van der Waals surface area (Å²) >= 11 is 8.22. The van der Waals surface area contributed by atoms with E-state index in [1.165, 1.54) is 12.8 Å². The van der Waals surface area contributed by atoms with Crippen LogP contribution in [-0.4, -0.2) is 11.9 Å². The van der Waals surface area contributed by atoms with Gasteiger partial charge >= 0.3 is 0 Å². The lowest BCUT2D eigenvalue weighted by Crippen LogP contribution is -2.37. The zero-order chi connectivity index (χ0) is 14.0. The first kappa shape index (κ1) is 15.1. The second kappa shape index (κ2) is 6.44. The molecule has 3 unspecified atom stereocenters. The summed E-state index contributed by atoms with van der Waals surface area (Å²) in [5.41, 5.74) is 0.651. The lowest BCUT2D eigenvalue weighted by Gasteiger charge is -2.21. The number of benzene rings is 1. The lowest BCUT2D eigenvalue weighted by molar-refractivity contribution is 0.0926. The predicted molar refractivity (Wildman–Crippen MR) is 87.6 cm³/mol. The number of halogens is 2. The Labute approximate surface area is 133 Å². The highest BCUT2D eigenvalue weighted by Gasteiger charge is 2.32. The summed E-state index contributed by atoms with van der Waals surface area (Å²) in [5.74, 6) is 1.30. The highest BCUT2D eigenvalue weighted by atomic mass is 127. The average Bonchev–Trinajstić information content (AvgIpc) is 2.73. The smallest absolute Gasteiger partial charge is 0.251 e. The summed E-state index contributed by atoms with van der Waals surface area (Å²) in [6.07, 6.45) is 3.50. The van der Waals surface area contributed by atoms with Gasteiger partial charge < -0.3 is 5.32 Å². The van der Waals surface area contributed by atoms with Crippen LogP contribution in [0.5, 0.6) is 0 Å². The monoisotopic (exact) mass is 391 g/mol. The summed E-state index contributed by atoms with van der Waals surface area (Å²) in [4.78, 5) is 12.2. The van der Waals surface area contributed by atoms with Crippen LogP contribution in [0.2, 0.25) is 5.02 Å². The van der Waals surface area contributed by atoms with E-state index in [1.54, 1.807) is 6.07 Å². The van der Waals surface area contributed by atoms with Crippen molar-refractivity contribution in [2.75, 3.05) is 0 Å². The van der Waals surface area contributed by atoms with E-state index in [0.717, 1.165) is 15.9 Å². The molecule has 0 radical (unpaired) electrons. The number of hydrogen-bond donors (Lipinski definition) is 1. The number of nitrogens with one attached hydrogen (secondary N) is 1. The second-order valence-corrected chi connectivity index (χ2v) is 6.88. The van der Waals surface area contributed by atoms with Crippen molar-refractivity contribution in [3.05, 3.63) is 32.4 Å². The van der Waals surface area contributed by atoms with E-state index in [0.29, 0.717) is 22.5 Å². The predicted octanol–water partition coefficient (Wildman–Crippen LogP) is 4.50. The van der Waals surface area contributed by atoms with Crippen molar-refractivity contribution >= 4 is 40.1 Å². The van der Waals surface area contributed by atoms with E-state index < -0.39 is 0 Å². The molecule has 1 N–H and O–H groups in total. The maximum atomic E-state index is 12.2. The van der Waals surface area contributed by atoms with Crippen LogP contribution >= 0.6 is 34.2 Å². The fourth-order valence-electron chi connectivity index (χ4n) is 2.92. The van der Waals surface area contributed by atoms with Crippen molar-refractivity contribution in [1.29, 1.82) is 0 Å². The van der Waals surface area contributed by atoms with Crippen LogP contribution in [0, 0.1) is 15.4 Å². The Bertz CT molecular complexity index is 477. The molecule has 0 spiro atoms. The molecule has 1 fully saturated rings. The molecule has 0 heterocycles. The Balaban J connectivity index is 2.03. The molecule has 1 saturated carbocycles. The van der Waals surface area contributed by atoms with Crippen molar-refractivity contribution in [3.8, 4) is 0 Å². The third-order valence-corrected chi connectivity index (χ3v) is 5.82. The van der Waals surface area contributed by atoms with Gasteiger partial charge in [0.25, 0.3) is 5.91 Å². The van der Waals surface area contributed by atoms with Crippen molar-refractivity contribution in [2.24, 2.45) is 11.8 Å². The average molecular weight is 392 g/mol. The summed E-state index contributed by atoms with van der Waals surface area (Å²) in [6.45, 7) is 4.47. The number of carbonyl (C=O) groups is 1. The zero-order valence-electron chi connectivity index (χ0n) is 11.2. The Kier molecular flexibility index (Phi) is 5.12. The van der Waals surface area contributed by atoms with Gasteiger partial charge in [-0.15, -0.1) is 0 Å². The van der Waals surface area contributed by atoms with E-state index in [9.17, 15) is 4.79 Å². The Hall–Kier alpha value is -0.290. The van der Waals surface area contributed by atoms with E-state index >= 15 is 0 Å². The fourth-order valence-corrected chi connectivity index (χ4v) is 3.43. The van der Waals surface area contributed by atoms with Crippen molar-refractivity contribution < 1.29 is 4.79 Å². The van der Waals surface area contributed by atoms with E-state index in [1.807, 2.05) is 12.1 Å². The normalized spacial score (nSPS) is 26.4. The minimum Gasteiger partial charge on any atom is -0.349 e. The first-order valence-corrected chi connectivity index (χ1v) is 8.24. The minimum atomic E-state index is -0.00750. The van der Waals surface area contributed by atoms with E-state index in [4.69, 9.17) is 11.6 Å². The molecule has 1 aliphatic carbocycles. The summed E-state index contributed by atoms with van der Waals surface area (Å²) in [5, 5.41) is 3.79. The van der Waals surface area contributed by atoms with Gasteiger partial charge in [-0.25, -0.2) is 0 Å². The molecule has 2 rings (SSSR count). The van der Waals surface area contributed by atoms with E-state index in [2.05, 4.69) is 41.8 Å². The molecule has 0 bridgehead atoms. The highest BCUT2D eigenvalue weighted by Crippen LogP contribution is 2.34. The van der Waals surface area contributed by atoms with Gasteiger partial charge in [-0.05, 0) is 65.5 Å². The third kappa shape index (κ3) is 3.43. The van der Waals surface area contributed by atoms with Crippen molar-refractivity contribution in [1.82, 2.24) is 5.32 Å². The third-order valence-electron chi connectivity index (χ3n) is 4.25. The van der Waals surface area contributed by atoms with Crippen LogP contribution in [0.25, 0.3) is 0 Å². The standard InChI is InChI=1S/C15H19ClINO/c1-3-10-5-7-14(9(10)2)18-15(19)11-4-6-13(17)12(16)8-11/h4,6,8-10,14H,3,5,7H2,1-2H3,(H,18,19). The summed E-state index contributed by atoms with van der Waals surface area (Å²) < 4.78 is 0.969. The molecular weight excluding hydrogens is 373 g/mol. The molecule has 19 heavy (non-hydrogen) atoms. The molecule has 104 valence electrons. The summed E-state index contributed by atoms with van der Waals surface area (Å²) in [6, 6.07) is 5.76. The molecule has 0 aromatic heterocycles. The second-order valence-electron chi connectivity index (χ2n) is 5.31. The summed E-state index contributed by atoms with van der Waals surface area (Å²) in [7, 11) is 0. The molecule has 1 aromatic carbocycles. The van der Waals surface area contributed by atoms with Crippen LogP contribution in [-0.2, 0) is 0 Å². The maximum Gasteiger partial charge on any atom is 0.251 e. The molecule has 1 aromatic rings. The first-order chi connectivity index (χ1) is 9.02. The topological polar surface area (TPSA) is 29.1 Å². The van der Waals surface area contributed by atoms with Gasteiger partial charge in [-0.1, -0.05) is 31.9 Å². The fraction of sp³-hybridized carbons (Fsp3) is 0.533. The minimum absolute atomic E-state index is 0.00750. The Morgan fingerprint density at radius 2 is 2.21 bits per heavy atom. The SMILES string of the molecule is CCC1CCC(NC(=O)c2ccc(I)c(Cl)c2)C1C. The first-order valence-electron chi connectivity index (χ1n) is 6.78. The molecule has 1 amide bonds. The van der Waals surface area contributed by atoms with Gasteiger partial charge in [0, 0.05) is 15.2 Å². The van der Waals surface area contributed by atoms with Crippen LogP contribution < -0.4 is 5.32 Å². The van der Waals surface area contributed by atoms with Crippen LogP contribution in [0.15, 0.2) is 18.2 Å². The Morgan fingerprint density at radius 3 is 2.79 bits per heavy atom. The molecule has 0 saturated heterocycles. The van der Waals surface area contributed by atoms with Gasteiger partial charge in [-0.2, -0.15) is 0 Å². The quantitative estimate of drug-likeness (QED) is 0.755. The Morgan fingerprint density at radius 1 is 1.47 bits per heavy atom. The number of hydrogen-bond acceptors (Lipinski definition) is 1. The van der Waals surface area contributed by atoms with Gasteiger partial charge in [0.2, 0.25) is 0 Å². The highest BCUT2D eigenvalue weighted by molar-refractivity contribution is 14.1. The molecule has 1 aliphatic rings. The largest absolute Gasteiger partial charge is 0.349 e. The van der Waals surface area contributed by atoms with Crippen LogP contribution in [0.1, 0.15) is 43.5 Å². The maximum absolute atomic E-state index is 12.2. The van der Waals surface area contributed by atoms with Gasteiger partial charge in [0.15, 0.2) is 0 Å². The van der Waals surface area contributed by atoms with Gasteiger partial charge in [-0.3, -0.25) is 4.79 Å². The van der Waals surface area contributed by atoms with E-state index in [-0.39, 0.29) is 5.91 Å². The number of amides is 1. The molecule has 4 heteroatoms. The van der Waals surface area contributed by atoms with Gasteiger partial charge in [0.05, 0.1) is 5.02 Å². The molecule has 3 atom stereocenters. The van der Waals surface area contributed by atoms with Crippen molar-refractivity contribution in [2.45, 2.75) is 39.2 Å². The molecule has 0 aliphatic heterocycles. The zero-order valence-corrected chi connectivity index (χ0v) is 14.2. The van der Waals surface area contributed by atoms with Crippen LogP contribution in [0.4, 0.5) is 0 Å². The number of rotatable bonds is 3. The van der Waals surface area contributed by atoms with Gasteiger partial charge in [0.1, 0.15) is 0 Å². The molecular formula is C15H19ClINO.